The van der Waals surface area contributed by atoms with E-state index in [-0.39, 0.29) is 5.78 Å². The summed E-state index contributed by atoms with van der Waals surface area (Å²) in [6.07, 6.45) is 1.64. The molecular formula is C13H17BrO2. The number of ether oxygens (including phenoxy) is 1. The van der Waals surface area contributed by atoms with Crippen LogP contribution in [0.25, 0.3) is 0 Å². The molecule has 0 saturated carbocycles. The predicted molar refractivity (Wildman–Crippen MR) is 69.1 cm³/mol. The van der Waals surface area contributed by atoms with Gasteiger partial charge in [-0.25, -0.2) is 0 Å². The predicted octanol–water partition coefficient (Wildman–Crippen LogP) is 4.08. The molecule has 1 atom stereocenters. The minimum atomic E-state index is 0.192. The fourth-order valence-corrected chi connectivity index (χ4v) is 1.96. The molecule has 1 rings (SSSR count). The maximum Gasteiger partial charge on any atom is 0.163 e. The Morgan fingerprint density at radius 2 is 2.19 bits per heavy atom. The van der Waals surface area contributed by atoms with Gasteiger partial charge in [-0.2, -0.15) is 0 Å². The van der Waals surface area contributed by atoms with Gasteiger partial charge in [0.15, 0.2) is 5.78 Å². The van der Waals surface area contributed by atoms with Crippen molar-refractivity contribution in [3.63, 3.8) is 0 Å². The standard InChI is InChI=1S/C13H17BrO2/c1-4-9(2)7-12(15)10-5-6-13(16-3)11(14)8-10/h5-6,8-9H,4,7H2,1-3H3. The summed E-state index contributed by atoms with van der Waals surface area (Å²) in [5.41, 5.74) is 0.743. The summed E-state index contributed by atoms with van der Waals surface area (Å²) < 4.78 is 5.95. The number of benzene rings is 1. The zero-order chi connectivity index (χ0) is 12.1. The Balaban J connectivity index is 2.81. The smallest absolute Gasteiger partial charge is 0.163 e. The summed E-state index contributed by atoms with van der Waals surface area (Å²) in [6, 6.07) is 5.45. The van der Waals surface area contributed by atoms with Crippen LogP contribution in [-0.2, 0) is 0 Å². The molecule has 2 nitrogen and oxygen atoms in total. The van der Waals surface area contributed by atoms with Gasteiger partial charge in [0.05, 0.1) is 11.6 Å². The molecule has 0 amide bonds. The van der Waals surface area contributed by atoms with E-state index in [2.05, 4.69) is 29.8 Å². The van der Waals surface area contributed by atoms with Crippen molar-refractivity contribution in [2.45, 2.75) is 26.7 Å². The van der Waals surface area contributed by atoms with E-state index in [9.17, 15) is 4.79 Å². The highest BCUT2D eigenvalue weighted by Gasteiger charge is 2.11. The van der Waals surface area contributed by atoms with Gasteiger partial charge in [0.1, 0.15) is 5.75 Å². The first-order valence-electron chi connectivity index (χ1n) is 5.45. The molecule has 0 fully saturated rings. The molecule has 0 bridgehead atoms. The van der Waals surface area contributed by atoms with Crippen molar-refractivity contribution < 1.29 is 9.53 Å². The van der Waals surface area contributed by atoms with Crippen LogP contribution in [0.1, 0.15) is 37.0 Å². The first kappa shape index (κ1) is 13.2. The number of halogens is 1. The van der Waals surface area contributed by atoms with E-state index >= 15 is 0 Å². The summed E-state index contributed by atoms with van der Waals surface area (Å²) in [5, 5.41) is 0. The molecule has 0 radical (unpaired) electrons. The fourth-order valence-electron chi connectivity index (χ4n) is 1.42. The van der Waals surface area contributed by atoms with E-state index in [4.69, 9.17) is 4.74 Å². The zero-order valence-electron chi connectivity index (χ0n) is 9.92. The van der Waals surface area contributed by atoms with E-state index in [1.165, 1.54) is 0 Å². The summed E-state index contributed by atoms with van der Waals surface area (Å²) in [7, 11) is 1.61. The van der Waals surface area contributed by atoms with Crippen LogP contribution >= 0.6 is 15.9 Å². The lowest BCUT2D eigenvalue weighted by Gasteiger charge is -2.09. The van der Waals surface area contributed by atoms with Gasteiger partial charge in [-0.3, -0.25) is 4.79 Å². The van der Waals surface area contributed by atoms with Gasteiger partial charge in [-0.05, 0) is 40.0 Å². The number of carbonyl (C=O) groups excluding carboxylic acids is 1. The molecule has 3 heteroatoms. The fraction of sp³-hybridized carbons (Fsp3) is 0.462. The number of ketones is 1. The first-order valence-corrected chi connectivity index (χ1v) is 6.24. The molecule has 1 aromatic carbocycles. The van der Waals surface area contributed by atoms with E-state index in [1.807, 2.05) is 18.2 Å². The van der Waals surface area contributed by atoms with Gasteiger partial charge in [-0.1, -0.05) is 20.3 Å². The number of methoxy groups -OCH3 is 1. The highest BCUT2D eigenvalue weighted by Crippen LogP contribution is 2.26. The molecule has 0 heterocycles. The topological polar surface area (TPSA) is 26.3 Å². The van der Waals surface area contributed by atoms with E-state index in [1.54, 1.807) is 7.11 Å². The van der Waals surface area contributed by atoms with Crippen LogP contribution in [0.2, 0.25) is 0 Å². The molecule has 0 aliphatic carbocycles. The van der Waals surface area contributed by atoms with E-state index in [0.717, 1.165) is 22.2 Å². The van der Waals surface area contributed by atoms with Crippen molar-refractivity contribution >= 4 is 21.7 Å². The van der Waals surface area contributed by atoms with E-state index < -0.39 is 0 Å². The Morgan fingerprint density at radius 3 is 2.69 bits per heavy atom. The maximum atomic E-state index is 11.9. The zero-order valence-corrected chi connectivity index (χ0v) is 11.5. The molecule has 0 aliphatic heterocycles. The Bertz CT molecular complexity index is 374. The minimum absolute atomic E-state index is 0.192. The average molecular weight is 285 g/mol. The minimum Gasteiger partial charge on any atom is -0.496 e. The van der Waals surface area contributed by atoms with Crippen molar-refractivity contribution in [1.82, 2.24) is 0 Å². The quantitative estimate of drug-likeness (QED) is 0.762. The van der Waals surface area contributed by atoms with Crippen molar-refractivity contribution in [3.8, 4) is 5.75 Å². The average Bonchev–Trinajstić information content (AvgIpc) is 2.28. The third kappa shape index (κ3) is 3.34. The van der Waals surface area contributed by atoms with Gasteiger partial charge >= 0.3 is 0 Å². The largest absolute Gasteiger partial charge is 0.496 e. The highest BCUT2D eigenvalue weighted by atomic mass is 79.9. The molecule has 0 saturated heterocycles. The van der Waals surface area contributed by atoms with Crippen LogP contribution in [-0.4, -0.2) is 12.9 Å². The Hall–Kier alpha value is -0.830. The molecule has 0 aliphatic rings. The lowest BCUT2D eigenvalue weighted by Crippen LogP contribution is -2.05. The van der Waals surface area contributed by atoms with Crippen molar-refractivity contribution in [1.29, 1.82) is 0 Å². The summed E-state index contributed by atoms with van der Waals surface area (Å²) in [5.74, 6) is 1.38. The van der Waals surface area contributed by atoms with Crippen LogP contribution in [0, 0.1) is 5.92 Å². The maximum absolute atomic E-state index is 11.9. The van der Waals surface area contributed by atoms with Crippen LogP contribution in [0.4, 0.5) is 0 Å². The van der Waals surface area contributed by atoms with Crippen molar-refractivity contribution in [2.24, 2.45) is 5.92 Å². The Labute approximate surface area is 105 Å². The lowest BCUT2D eigenvalue weighted by molar-refractivity contribution is 0.0963. The normalized spacial score (nSPS) is 12.2. The first-order chi connectivity index (χ1) is 7.58. The van der Waals surface area contributed by atoms with Crippen molar-refractivity contribution in [3.05, 3.63) is 28.2 Å². The number of carbonyl (C=O) groups is 1. The van der Waals surface area contributed by atoms with Crippen LogP contribution in [0.3, 0.4) is 0 Å². The lowest BCUT2D eigenvalue weighted by atomic mass is 9.98. The van der Waals surface area contributed by atoms with Crippen LogP contribution < -0.4 is 4.74 Å². The number of rotatable bonds is 5. The second-order valence-electron chi connectivity index (χ2n) is 3.99. The third-order valence-electron chi connectivity index (χ3n) is 2.70. The van der Waals surface area contributed by atoms with Crippen LogP contribution in [0.15, 0.2) is 22.7 Å². The molecule has 16 heavy (non-hydrogen) atoms. The SMILES string of the molecule is CCC(C)CC(=O)c1ccc(OC)c(Br)c1. The third-order valence-corrected chi connectivity index (χ3v) is 3.32. The monoisotopic (exact) mass is 284 g/mol. The summed E-state index contributed by atoms with van der Waals surface area (Å²) >= 11 is 3.38. The Kier molecular flexibility index (Phi) is 5.00. The molecule has 0 spiro atoms. The number of Topliss-reactive ketones (excluding diaryl/α,β-unsaturated/α-hetero) is 1. The molecule has 88 valence electrons. The van der Waals surface area contributed by atoms with Gasteiger partial charge < -0.3 is 4.74 Å². The second kappa shape index (κ2) is 6.04. The molecular weight excluding hydrogens is 268 g/mol. The van der Waals surface area contributed by atoms with Gasteiger partial charge in [0.25, 0.3) is 0 Å². The molecule has 1 unspecified atom stereocenters. The molecule has 0 N–H and O–H groups in total. The van der Waals surface area contributed by atoms with Gasteiger partial charge in [0, 0.05) is 12.0 Å². The van der Waals surface area contributed by atoms with Crippen molar-refractivity contribution in [2.75, 3.05) is 7.11 Å². The van der Waals surface area contributed by atoms with Gasteiger partial charge in [-0.15, -0.1) is 0 Å². The highest BCUT2D eigenvalue weighted by molar-refractivity contribution is 9.10. The second-order valence-corrected chi connectivity index (χ2v) is 4.84. The number of hydrogen-bond donors (Lipinski definition) is 0. The van der Waals surface area contributed by atoms with Gasteiger partial charge in [0.2, 0.25) is 0 Å². The number of hydrogen-bond acceptors (Lipinski definition) is 2. The summed E-state index contributed by atoms with van der Waals surface area (Å²) in [4.78, 5) is 11.9. The Morgan fingerprint density at radius 1 is 1.50 bits per heavy atom. The molecule has 0 aromatic heterocycles. The van der Waals surface area contributed by atoms with Crippen LogP contribution in [0.5, 0.6) is 5.75 Å². The van der Waals surface area contributed by atoms with E-state index in [0.29, 0.717) is 12.3 Å². The summed E-state index contributed by atoms with van der Waals surface area (Å²) in [6.45, 7) is 4.19. The molecule has 1 aromatic rings.